The molecule has 0 amide bonds. The quantitative estimate of drug-likeness (QED) is 0.834. The van der Waals surface area contributed by atoms with Crippen molar-refractivity contribution in [1.82, 2.24) is 9.97 Å². The van der Waals surface area contributed by atoms with Crippen LogP contribution in [0.25, 0.3) is 0 Å². The second-order valence-electron chi connectivity index (χ2n) is 4.59. The molecule has 4 nitrogen and oxygen atoms in total. The lowest BCUT2D eigenvalue weighted by Gasteiger charge is -2.20. The summed E-state index contributed by atoms with van der Waals surface area (Å²) in [6.07, 6.45) is 3.94. The van der Waals surface area contributed by atoms with Gasteiger partial charge in [0.15, 0.2) is 5.82 Å². The van der Waals surface area contributed by atoms with Crippen LogP contribution in [0.2, 0.25) is 5.02 Å². The molecule has 0 bridgehead atoms. The number of aromatic nitrogens is 2. The Bertz CT molecular complexity index is 382. The van der Waals surface area contributed by atoms with Crippen molar-refractivity contribution in [3.8, 4) is 0 Å². The van der Waals surface area contributed by atoms with Crippen LogP contribution in [-0.4, -0.2) is 16.0 Å². The standard InChI is InChI=1S/C11H17ClN4/c1-6-3-4-9(7(6)2)15-10-8(12)5-14-11(13)16-10/h5-7,9H,3-4H2,1-2H3,(H3,13,14,15,16). The highest BCUT2D eigenvalue weighted by molar-refractivity contribution is 6.32. The van der Waals surface area contributed by atoms with Gasteiger partial charge in [0.1, 0.15) is 5.02 Å². The summed E-state index contributed by atoms with van der Waals surface area (Å²) in [5.74, 6) is 2.29. The molecule has 1 aromatic heterocycles. The van der Waals surface area contributed by atoms with Crippen LogP contribution < -0.4 is 11.1 Å². The highest BCUT2D eigenvalue weighted by Crippen LogP contribution is 2.34. The van der Waals surface area contributed by atoms with Gasteiger partial charge in [0.25, 0.3) is 0 Å². The number of hydrogen-bond acceptors (Lipinski definition) is 4. The highest BCUT2D eigenvalue weighted by atomic mass is 35.5. The van der Waals surface area contributed by atoms with E-state index >= 15 is 0 Å². The van der Waals surface area contributed by atoms with E-state index in [0.29, 0.717) is 22.8 Å². The average Bonchev–Trinajstić information content (AvgIpc) is 2.55. The van der Waals surface area contributed by atoms with E-state index in [1.807, 2.05) is 0 Å². The van der Waals surface area contributed by atoms with Crippen LogP contribution >= 0.6 is 11.6 Å². The van der Waals surface area contributed by atoms with Crippen molar-refractivity contribution in [3.05, 3.63) is 11.2 Å². The van der Waals surface area contributed by atoms with Crippen LogP contribution in [0, 0.1) is 11.8 Å². The van der Waals surface area contributed by atoms with E-state index in [9.17, 15) is 0 Å². The van der Waals surface area contributed by atoms with E-state index in [4.69, 9.17) is 17.3 Å². The molecule has 3 N–H and O–H groups in total. The van der Waals surface area contributed by atoms with Crippen LogP contribution in [0.4, 0.5) is 11.8 Å². The Kier molecular flexibility index (Phi) is 3.19. The summed E-state index contributed by atoms with van der Waals surface area (Å²) in [4.78, 5) is 7.96. The summed E-state index contributed by atoms with van der Waals surface area (Å²) in [5, 5.41) is 3.90. The summed E-state index contributed by atoms with van der Waals surface area (Å²) in [5.41, 5.74) is 5.54. The molecule has 1 aliphatic carbocycles. The Morgan fingerprint density at radius 2 is 2.19 bits per heavy atom. The van der Waals surface area contributed by atoms with Gasteiger partial charge in [-0.3, -0.25) is 0 Å². The molecule has 0 aliphatic heterocycles. The minimum absolute atomic E-state index is 0.255. The van der Waals surface area contributed by atoms with Gasteiger partial charge >= 0.3 is 0 Å². The number of nitrogens with two attached hydrogens (primary N) is 1. The molecule has 5 heteroatoms. The largest absolute Gasteiger partial charge is 0.368 e. The Morgan fingerprint density at radius 3 is 2.81 bits per heavy atom. The molecule has 1 saturated carbocycles. The summed E-state index contributed by atoms with van der Waals surface area (Å²) in [6, 6.07) is 0.432. The van der Waals surface area contributed by atoms with E-state index in [-0.39, 0.29) is 5.95 Å². The van der Waals surface area contributed by atoms with Gasteiger partial charge in [-0.2, -0.15) is 4.98 Å². The van der Waals surface area contributed by atoms with Crippen molar-refractivity contribution in [1.29, 1.82) is 0 Å². The highest BCUT2D eigenvalue weighted by Gasteiger charge is 2.30. The van der Waals surface area contributed by atoms with Crippen LogP contribution in [0.1, 0.15) is 26.7 Å². The fourth-order valence-electron chi connectivity index (χ4n) is 2.23. The van der Waals surface area contributed by atoms with Crippen molar-refractivity contribution in [2.24, 2.45) is 11.8 Å². The smallest absolute Gasteiger partial charge is 0.222 e. The topological polar surface area (TPSA) is 63.8 Å². The van der Waals surface area contributed by atoms with Crippen LogP contribution in [0.15, 0.2) is 6.20 Å². The first-order chi connectivity index (χ1) is 7.58. The first-order valence-electron chi connectivity index (χ1n) is 5.62. The van der Waals surface area contributed by atoms with Gasteiger partial charge < -0.3 is 11.1 Å². The minimum atomic E-state index is 0.255. The molecular weight excluding hydrogens is 224 g/mol. The maximum absolute atomic E-state index is 6.02. The molecule has 0 aromatic carbocycles. The molecule has 88 valence electrons. The van der Waals surface area contributed by atoms with Gasteiger partial charge in [-0.15, -0.1) is 0 Å². The fraction of sp³-hybridized carbons (Fsp3) is 0.636. The van der Waals surface area contributed by atoms with Gasteiger partial charge in [-0.25, -0.2) is 4.98 Å². The maximum atomic E-state index is 6.02. The molecule has 0 radical (unpaired) electrons. The lowest BCUT2D eigenvalue weighted by Crippen LogP contribution is -2.25. The number of rotatable bonds is 2. The first-order valence-corrected chi connectivity index (χ1v) is 6.00. The molecule has 0 spiro atoms. The zero-order valence-electron chi connectivity index (χ0n) is 9.57. The Morgan fingerprint density at radius 1 is 1.44 bits per heavy atom. The number of halogens is 1. The third-order valence-corrected chi connectivity index (χ3v) is 3.83. The van der Waals surface area contributed by atoms with Crippen molar-refractivity contribution < 1.29 is 0 Å². The molecule has 1 fully saturated rings. The molecular formula is C11H17ClN4. The number of nitrogen functional groups attached to an aromatic ring is 1. The molecule has 0 saturated heterocycles. The number of nitrogens with one attached hydrogen (secondary N) is 1. The van der Waals surface area contributed by atoms with Gasteiger partial charge in [0.05, 0.1) is 6.20 Å². The van der Waals surface area contributed by atoms with E-state index in [1.165, 1.54) is 12.6 Å². The normalized spacial score (nSPS) is 29.3. The van der Waals surface area contributed by atoms with Crippen LogP contribution in [0.3, 0.4) is 0 Å². The van der Waals surface area contributed by atoms with Crippen molar-refractivity contribution in [3.63, 3.8) is 0 Å². The number of hydrogen-bond donors (Lipinski definition) is 2. The molecule has 3 unspecified atom stereocenters. The molecule has 16 heavy (non-hydrogen) atoms. The average molecular weight is 241 g/mol. The predicted octanol–water partition coefficient (Wildman–Crippen LogP) is 2.56. The van der Waals surface area contributed by atoms with Crippen LogP contribution in [-0.2, 0) is 0 Å². The molecule has 1 heterocycles. The molecule has 2 rings (SSSR count). The molecule has 1 aliphatic rings. The van der Waals surface area contributed by atoms with Gasteiger partial charge in [-0.1, -0.05) is 25.4 Å². The lowest BCUT2D eigenvalue weighted by atomic mass is 9.98. The summed E-state index contributed by atoms with van der Waals surface area (Å²) < 4.78 is 0. The minimum Gasteiger partial charge on any atom is -0.368 e. The molecule has 1 aromatic rings. The van der Waals surface area contributed by atoms with Crippen molar-refractivity contribution in [2.75, 3.05) is 11.1 Å². The first kappa shape index (κ1) is 11.5. The Balaban J connectivity index is 2.12. The second-order valence-corrected chi connectivity index (χ2v) is 5.00. The van der Waals surface area contributed by atoms with Gasteiger partial charge in [0.2, 0.25) is 5.95 Å². The third kappa shape index (κ3) is 2.21. The van der Waals surface area contributed by atoms with Crippen molar-refractivity contribution in [2.45, 2.75) is 32.7 Å². The predicted molar refractivity (Wildman–Crippen MR) is 66.4 cm³/mol. The zero-order chi connectivity index (χ0) is 11.7. The summed E-state index contributed by atoms with van der Waals surface area (Å²) in [7, 11) is 0. The maximum Gasteiger partial charge on any atom is 0.222 e. The van der Waals surface area contributed by atoms with Crippen LogP contribution in [0.5, 0.6) is 0 Å². The van der Waals surface area contributed by atoms with E-state index < -0.39 is 0 Å². The molecule has 3 atom stereocenters. The number of anilines is 2. The monoisotopic (exact) mass is 240 g/mol. The van der Waals surface area contributed by atoms with Crippen molar-refractivity contribution >= 4 is 23.4 Å². The Labute approximate surface area is 101 Å². The Hall–Kier alpha value is -1.03. The van der Waals surface area contributed by atoms with E-state index in [0.717, 1.165) is 12.3 Å². The zero-order valence-corrected chi connectivity index (χ0v) is 10.3. The fourth-order valence-corrected chi connectivity index (χ4v) is 2.37. The van der Waals surface area contributed by atoms with E-state index in [1.54, 1.807) is 0 Å². The lowest BCUT2D eigenvalue weighted by molar-refractivity contribution is 0.435. The number of nitrogens with zero attached hydrogens (tertiary/aromatic N) is 2. The van der Waals surface area contributed by atoms with Gasteiger partial charge in [-0.05, 0) is 24.7 Å². The third-order valence-electron chi connectivity index (χ3n) is 3.55. The second kappa shape index (κ2) is 4.45. The summed E-state index contributed by atoms with van der Waals surface area (Å²) >= 11 is 6.02. The van der Waals surface area contributed by atoms with E-state index in [2.05, 4.69) is 29.1 Å². The summed E-state index contributed by atoms with van der Waals surface area (Å²) in [6.45, 7) is 4.54. The van der Waals surface area contributed by atoms with Gasteiger partial charge in [0, 0.05) is 6.04 Å². The SMILES string of the molecule is CC1CCC(Nc2nc(N)ncc2Cl)C1C.